The van der Waals surface area contributed by atoms with E-state index in [-0.39, 0.29) is 18.6 Å². The molecule has 7 atom stereocenters. The van der Waals surface area contributed by atoms with Gasteiger partial charge < -0.3 is 15.3 Å². The first kappa shape index (κ1) is 24.5. The van der Waals surface area contributed by atoms with Gasteiger partial charge in [0.15, 0.2) is 0 Å². The van der Waals surface area contributed by atoms with E-state index in [1.54, 1.807) is 12.5 Å². The van der Waals surface area contributed by atoms with Gasteiger partial charge in [0, 0.05) is 5.92 Å². The molecule has 0 radical (unpaired) electrons. The molecule has 3 nitrogen and oxygen atoms in total. The van der Waals surface area contributed by atoms with Crippen molar-refractivity contribution in [3.8, 4) is 0 Å². The first-order valence-corrected chi connectivity index (χ1v) is 12.4. The summed E-state index contributed by atoms with van der Waals surface area (Å²) in [6.45, 7) is 12.5. The van der Waals surface area contributed by atoms with Crippen LogP contribution in [0.25, 0.3) is 0 Å². The lowest BCUT2D eigenvalue weighted by Crippen LogP contribution is -2.36. The first-order valence-electron chi connectivity index (χ1n) is 12.4. The Labute approximate surface area is 189 Å². The van der Waals surface area contributed by atoms with E-state index in [0.717, 1.165) is 19.3 Å². The van der Waals surface area contributed by atoms with Crippen LogP contribution in [0.15, 0.2) is 47.6 Å². The number of hydrogen-bond acceptors (Lipinski definition) is 3. The molecule has 3 aliphatic carbocycles. The topological polar surface area (TPSA) is 60.7 Å². The minimum atomic E-state index is -1.07. The Morgan fingerprint density at radius 2 is 1.90 bits per heavy atom. The number of fused-ring (bicyclic) bond motifs is 1. The second-order valence-corrected chi connectivity index (χ2v) is 11.1. The summed E-state index contributed by atoms with van der Waals surface area (Å²) < 4.78 is 0. The van der Waals surface area contributed by atoms with Crippen molar-refractivity contribution in [2.75, 3.05) is 6.61 Å². The summed E-state index contributed by atoms with van der Waals surface area (Å²) in [7, 11) is 0. The smallest absolute Gasteiger partial charge is 0.0908 e. The highest BCUT2D eigenvalue weighted by molar-refractivity contribution is 5.36. The van der Waals surface area contributed by atoms with Gasteiger partial charge in [0.2, 0.25) is 0 Å². The summed E-state index contributed by atoms with van der Waals surface area (Å²) in [6, 6.07) is 0. The molecule has 1 unspecified atom stereocenters. The van der Waals surface area contributed by atoms with Crippen LogP contribution < -0.4 is 0 Å². The van der Waals surface area contributed by atoms with Gasteiger partial charge in [-0.15, -0.1) is 0 Å². The van der Waals surface area contributed by atoms with Gasteiger partial charge in [0.05, 0.1) is 18.3 Å². The summed E-state index contributed by atoms with van der Waals surface area (Å²) in [5.41, 5.74) is 3.26. The average molecular weight is 429 g/mol. The van der Waals surface area contributed by atoms with Crippen molar-refractivity contribution in [2.24, 2.45) is 29.1 Å². The van der Waals surface area contributed by atoms with Gasteiger partial charge in [-0.05, 0) is 87.0 Å². The lowest BCUT2D eigenvalue weighted by molar-refractivity contribution is -0.0266. The van der Waals surface area contributed by atoms with E-state index < -0.39 is 5.60 Å². The molecule has 0 amide bonds. The third-order valence-electron chi connectivity index (χ3n) is 8.86. The highest BCUT2D eigenvalue weighted by Crippen LogP contribution is 2.59. The summed E-state index contributed by atoms with van der Waals surface area (Å²) in [6.07, 6.45) is 17.5. The van der Waals surface area contributed by atoms with Crippen molar-refractivity contribution in [1.82, 2.24) is 0 Å². The van der Waals surface area contributed by atoms with Crippen molar-refractivity contribution < 1.29 is 15.3 Å². The van der Waals surface area contributed by atoms with Gasteiger partial charge in [-0.3, -0.25) is 0 Å². The second-order valence-electron chi connectivity index (χ2n) is 11.1. The minimum Gasteiger partial charge on any atom is -0.393 e. The molecular weight excluding hydrogens is 384 g/mol. The standard InChI is InChI=1S/C28H44O3/c1-19-9-13-24(30)17-23(19)12-11-22-7-6-16-27(4)25(14-15-26(22)27)20(2)8-10-21(3)28(5,31)18-29/h8,10-12,20-21,24-26,29-31H,1,6-7,9,13-18H2,2-5H3/b10-8+,22-11+,23-12-/t20-,21+,24+,25-,26+,27-,28?/m1/s1. The molecule has 0 aromatic rings. The molecule has 0 heterocycles. The zero-order chi connectivity index (χ0) is 22.8. The monoisotopic (exact) mass is 428 g/mol. The molecule has 3 heteroatoms. The van der Waals surface area contributed by atoms with E-state index in [1.165, 1.54) is 43.3 Å². The Balaban J connectivity index is 1.74. The molecule has 3 N–H and O–H groups in total. The van der Waals surface area contributed by atoms with Crippen LogP contribution in [0.1, 0.15) is 79.1 Å². The molecule has 3 fully saturated rings. The van der Waals surface area contributed by atoms with Gasteiger partial charge in [-0.1, -0.05) is 62.8 Å². The Morgan fingerprint density at radius 3 is 2.61 bits per heavy atom. The van der Waals surface area contributed by atoms with Crippen LogP contribution in [-0.2, 0) is 0 Å². The zero-order valence-corrected chi connectivity index (χ0v) is 20.1. The molecular formula is C28H44O3. The maximum atomic E-state index is 10.3. The fourth-order valence-electron chi connectivity index (χ4n) is 6.37. The maximum absolute atomic E-state index is 10.3. The van der Waals surface area contributed by atoms with Gasteiger partial charge in [0.1, 0.15) is 0 Å². The minimum absolute atomic E-state index is 0.0719. The number of allylic oxidation sites excluding steroid dienone is 5. The Morgan fingerprint density at radius 1 is 1.16 bits per heavy atom. The third kappa shape index (κ3) is 5.26. The van der Waals surface area contributed by atoms with Gasteiger partial charge in [-0.2, -0.15) is 0 Å². The molecule has 0 bridgehead atoms. The average Bonchev–Trinajstić information content (AvgIpc) is 3.09. The molecule has 3 aliphatic rings. The zero-order valence-electron chi connectivity index (χ0n) is 20.1. The Bertz CT molecular complexity index is 743. The van der Waals surface area contributed by atoms with Crippen molar-refractivity contribution in [1.29, 1.82) is 0 Å². The number of aliphatic hydroxyl groups excluding tert-OH is 2. The molecule has 31 heavy (non-hydrogen) atoms. The maximum Gasteiger partial charge on any atom is 0.0908 e. The van der Waals surface area contributed by atoms with E-state index in [9.17, 15) is 15.3 Å². The number of hydrogen-bond donors (Lipinski definition) is 3. The van der Waals surface area contributed by atoms with Crippen molar-refractivity contribution in [2.45, 2.75) is 90.8 Å². The van der Waals surface area contributed by atoms with Crippen LogP contribution in [0.5, 0.6) is 0 Å². The molecule has 0 aliphatic heterocycles. The van der Waals surface area contributed by atoms with Crippen LogP contribution in [-0.4, -0.2) is 33.6 Å². The van der Waals surface area contributed by atoms with Crippen LogP contribution >= 0.6 is 0 Å². The Kier molecular flexibility index (Phi) is 7.71. The van der Waals surface area contributed by atoms with Crippen LogP contribution in [0.4, 0.5) is 0 Å². The molecule has 0 aromatic carbocycles. The van der Waals surface area contributed by atoms with E-state index >= 15 is 0 Å². The van der Waals surface area contributed by atoms with Crippen LogP contribution in [0.3, 0.4) is 0 Å². The fraction of sp³-hybridized carbons (Fsp3) is 0.714. The molecule has 0 aromatic heterocycles. The lowest BCUT2D eigenvalue weighted by Gasteiger charge is -2.44. The van der Waals surface area contributed by atoms with Crippen molar-refractivity contribution in [3.63, 3.8) is 0 Å². The van der Waals surface area contributed by atoms with Gasteiger partial charge in [0.25, 0.3) is 0 Å². The fourth-order valence-corrected chi connectivity index (χ4v) is 6.37. The van der Waals surface area contributed by atoms with Crippen LogP contribution in [0.2, 0.25) is 0 Å². The number of rotatable bonds is 6. The highest BCUT2D eigenvalue weighted by Gasteiger charge is 2.50. The second kappa shape index (κ2) is 9.77. The van der Waals surface area contributed by atoms with E-state index in [1.807, 2.05) is 6.92 Å². The molecule has 0 saturated heterocycles. The van der Waals surface area contributed by atoms with Crippen molar-refractivity contribution in [3.05, 3.63) is 47.6 Å². The summed E-state index contributed by atoms with van der Waals surface area (Å²) in [5, 5.41) is 29.8. The summed E-state index contributed by atoms with van der Waals surface area (Å²) in [5.74, 6) is 1.66. The predicted octanol–water partition coefficient (Wildman–Crippen LogP) is 5.73. The quantitative estimate of drug-likeness (QED) is 0.474. The van der Waals surface area contributed by atoms with E-state index in [2.05, 4.69) is 44.7 Å². The SMILES string of the molecule is C=C1CC[C@H](O)C/C1=C/C=C1\CCC[C@]2(C)[C@@H]([C@H](C)/C=C/[C@H](C)C(C)(O)CO)CC[C@@H]12. The van der Waals surface area contributed by atoms with E-state index in [4.69, 9.17) is 0 Å². The molecule has 174 valence electrons. The molecule has 3 saturated carbocycles. The highest BCUT2D eigenvalue weighted by atomic mass is 16.3. The van der Waals surface area contributed by atoms with Crippen LogP contribution in [0, 0.1) is 29.1 Å². The normalized spacial score (nSPS) is 38.4. The third-order valence-corrected chi connectivity index (χ3v) is 8.86. The molecule has 3 rings (SSSR count). The van der Waals surface area contributed by atoms with Gasteiger partial charge in [-0.25, -0.2) is 0 Å². The predicted molar refractivity (Wildman–Crippen MR) is 129 cm³/mol. The van der Waals surface area contributed by atoms with Gasteiger partial charge >= 0.3 is 0 Å². The largest absolute Gasteiger partial charge is 0.393 e. The van der Waals surface area contributed by atoms with Crippen molar-refractivity contribution >= 4 is 0 Å². The summed E-state index contributed by atoms with van der Waals surface area (Å²) in [4.78, 5) is 0. The van der Waals surface area contributed by atoms with E-state index in [0.29, 0.717) is 23.2 Å². The first-order chi connectivity index (χ1) is 14.6. The number of aliphatic hydroxyl groups is 3. The Hall–Kier alpha value is -1.16. The summed E-state index contributed by atoms with van der Waals surface area (Å²) >= 11 is 0. The lowest BCUT2D eigenvalue weighted by atomic mass is 9.61. The molecule has 0 spiro atoms.